The second-order valence-corrected chi connectivity index (χ2v) is 1.34. The Morgan fingerprint density at radius 2 is 2.30 bits per heavy atom. The lowest BCUT2D eigenvalue weighted by atomic mass is 10.5. The number of amides is 1. The minimum atomic E-state index is -0.315. The van der Waals surface area contributed by atoms with Crippen LogP contribution in [0.2, 0.25) is 0 Å². The third-order valence-corrected chi connectivity index (χ3v) is 0.688. The van der Waals surface area contributed by atoms with E-state index < -0.39 is 0 Å². The Balaban J connectivity index is 0. The van der Waals surface area contributed by atoms with E-state index in [2.05, 4.69) is 10.1 Å². The summed E-state index contributed by atoms with van der Waals surface area (Å²) < 4.78 is 4.45. The number of hydrogen-bond acceptors (Lipinski definition) is 3. The van der Waals surface area contributed by atoms with E-state index >= 15 is 0 Å². The lowest BCUT2D eigenvalue weighted by molar-refractivity contribution is -0.144. The molecule has 0 bridgehead atoms. The monoisotopic (exact) mass is 167 g/mol. The maximum Gasteiger partial charge on any atom is 0.307 e. The normalized spacial score (nSPS) is 7.30. The van der Waals surface area contributed by atoms with Gasteiger partial charge in [0.15, 0.2) is 6.73 Å². The highest BCUT2D eigenvalue weighted by Crippen LogP contribution is 1.79. The number of halogens is 1. The SMILES string of the molecule is CCC(=O)OCNC=O.Cl. The van der Waals surface area contributed by atoms with Crippen LogP contribution in [0.5, 0.6) is 0 Å². The van der Waals surface area contributed by atoms with Crippen molar-refractivity contribution in [2.24, 2.45) is 0 Å². The molecule has 0 unspecified atom stereocenters. The van der Waals surface area contributed by atoms with Crippen molar-refractivity contribution in [3.05, 3.63) is 0 Å². The smallest absolute Gasteiger partial charge is 0.307 e. The van der Waals surface area contributed by atoms with Crippen molar-refractivity contribution in [3.63, 3.8) is 0 Å². The first-order valence-electron chi connectivity index (χ1n) is 2.64. The third kappa shape index (κ3) is 7.23. The van der Waals surface area contributed by atoms with Crippen LogP contribution >= 0.6 is 12.4 Å². The zero-order valence-corrected chi connectivity index (χ0v) is 6.44. The Morgan fingerprint density at radius 3 is 2.70 bits per heavy atom. The molecule has 0 radical (unpaired) electrons. The van der Waals surface area contributed by atoms with Crippen molar-refractivity contribution < 1.29 is 14.3 Å². The summed E-state index contributed by atoms with van der Waals surface area (Å²) in [6.07, 6.45) is 0.809. The highest BCUT2D eigenvalue weighted by molar-refractivity contribution is 5.85. The summed E-state index contributed by atoms with van der Waals surface area (Å²) in [6.45, 7) is 1.65. The maximum absolute atomic E-state index is 10.3. The van der Waals surface area contributed by atoms with Crippen molar-refractivity contribution in [3.8, 4) is 0 Å². The molecule has 0 aromatic carbocycles. The molecule has 0 aromatic rings. The fraction of sp³-hybridized carbons (Fsp3) is 0.600. The molecule has 60 valence electrons. The van der Waals surface area contributed by atoms with Gasteiger partial charge in [0.05, 0.1) is 0 Å². The number of carbonyl (C=O) groups excluding carboxylic acids is 2. The van der Waals surface area contributed by atoms with Gasteiger partial charge in [0.1, 0.15) is 0 Å². The molecule has 0 aliphatic heterocycles. The lowest BCUT2D eigenvalue weighted by Gasteiger charge is -1.98. The van der Waals surface area contributed by atoms with Gasteiger partial charge in [-0.25, -0.2) is 0 Å². The molecule has 0 aromatic heterocycles. The predicted molar refractivity (Wildman–Crippen MR) is 37.7 cm³/mol. The molecule has 0 fully saturated rings. The van der Waals surface area contributed by atoms with Gasteiger partial charge in [0, 0.05) is 6.42 Å². The van der Waals surface area contributed by atoms with Crippen LogP contribution in [-0.2, 0) is 14.3 Å². The van der Waals surface area contributed by atoms with E-state index in [4.69, 9.17) is 0 Å². The molecular weight excluding hydrogens is 158 g/mol. The first kappa shape index (κ1) is 12.0. The average molecular weight is 168 g/mol. The maximum atomic E-state index is 10.3. The Kier molecular flexibility index (Phi) is 9.84. The number of nitrogens with one attached hydrogen (secondary N) is 1. The van der Waals surface area contributed by atoms with E-state index in [9.17, 15) is 9.59 Å². The standard InChI is InChI=1S/C5H9NO3.ClH/c1-2-5(8)9-4-6-3-7;/h3H,2,4H2,1H3,(H,6,7);1H. The van der Waals surface area contributed by atoms with Gasteiger partial charge >= 0.3 is 5.97 Å². The first-order valence-corrected chi connectivity index (χ1v) is 2.64. The topological polar surface area (TPSA) is 55.4 Å². The predicted octanol–water partition coefficient (Wildman–Crippen LogP) is 0.0649. The molecule has 0 atom stereocenters. The van der Waals surface area contributed by atoms with Crippen molar-refractivity contribution in [1.82, 2.24) is 5.32 Å². The minimum absolute atomic E-state index is 0. The van der Waals surface area contributed by atoms with Crippen molar-refractivity contribution in [2.45, 2.75) is 13.3 Å². The van der Waals surface area contributed by atoms with Crippen LogP contribution in [0.3, 0.4) is 0 Å². The van der Waals surface area contributed by atoms with Gasteiger partial charge in [0.25, 0.3) is 0 Å². The van der Waals surface area contributed by atoms with Crippen LogP contribution < -0.4 is 5.32 Å². The fourth-order valence-corrected chi connectivity index (χ4v) is 0.258. The Labute approximate surface area is 65.3 Å². The number of carbonyl (C=O) groups is 2. The molecule has 1 amide bonds. The number of rotatable bonds is 4. The van der Waals surface area contributed by atoms with Crippen molar-refractivity contribution in [1.29, 1.82) is 0 Å². The molecule has 0 rings (SSSR count). The van der Waals surface area contributed by atoms with Crippen LogP contribution in [0.4, 0.5) is 0 Å². The second kappa shape index (κ2) is 8.23. The molecule has 1 N–H and O–H groups in total. The molecule has 0 heterocycles. The summed E-state index contributed by atoms with van der Waals surface area (Å²) in [5, 5.41) is 2.19. The second-order valence-electron chi connectivity index (χ2n) is 1.34. The van der Waals surface area contributed by atoms with Crippen LogP contribution in [0, 0.1) is 0 Å². The summed E-state index contributed by atoms with van der Waals surface area (Å²) in [4.78, 5) is 19.9. The minimum Gasteiger partial charge on any atom is -0.444 e. The van der Waals surface area contributed by atoms with Gasteiger partial charge in [-0.3, -0.25) is 9.59 Å². The number of ether oxygens (including phenoxy) is 1. The van der Waals surface area contributed by atoms with Crippen molar-refractivity contribution in [2.75, 3.05) is 6.73 Å². The summed E-state index contributed by atoms with van der Waals surface area (Å²) >= 11 is 0. The number of esters is 1. The van der Waals surface area contributed by atoms with Gasteiger partial charge < -0.3 is 10.1 Å². The largest absolute Gasteiger partial charge is 0.444 e. The molecule has 0 aliphatic rings. The first-order chi connectivity index (χ1) is 4.31. The van der Waals surface area contributed by atoms with E-state index in [-0.39, 0.29) is 25.1 Å². The molecule has 5 heteroatoms. The van der Waals surface area contributed by atoms with Crippen LogP contribution in [0.25, 0.3) is 0 Å². The molecule has 0 aliphatic carbocycles. The lowest BCUT2D eigenvalue weighted by Crippen LogP contribution is -2.18. The molecule has 4 nitrogen and oxygen atoms in total. The highest BCUT2D eigenvalue weighted by atomic mass is 35.5. The summed E-state index contributed by atoms with van der Waals surface area (Å²) in [6, 6.07) is 0. The molecule has 10 heavy (non-hydrogen) atoms. The van der Waals surface area contributed by atoms with E-state index in [1.807, 2.05) is 0 Å². The van der Waals surface area contributed by atoms with Crippen LogP contribution in [0.15, 0.2) is 0 Å². The van der Waals surface area contributed by atoms with Crippen LogP contribution in [-0.4, -0.2) is 19.1 Å². The van der Waals surface area contributed by atoms with Gasteiger partial charge in [0.2, 0.25) is 6.41 Å². The van der Waals surface area contributed by atoms with E-state index in [1.165, 1.54) is 0 Å². The third-order valence-electron chi connectivity index (χ3n) is 0.688. The zero-order valence-electron chi connectivity index (χ0n) is 5.62. The van der Waals surface area contributed by atoms with Crippen LogP contribution in [0.1, 0.15) is 13.3 Å². The summed E-state index contributed by atoms with van der Waals surface area (Å²) in [5.41, 5.74) is 0. The van der Waals surface area contributed by atoms with E-state index in [1.54, 1.807) is 6.92 Å². The Bertz CT molecular complexity index is 107. The van der Waals surface area contributed by atoms with Gasteiger partial charge in [-0.1, -0.05) is 6.92 Å². The fourth-order valence-electron chi connectivity index (χ4n) is 0.258. The zero-order chi connectivity index (χ0) is 7.11. The number of hydrogen-bond donors (Lipinski definition) is 1. The quantitative estimate of drug-likeness (QED) is 0.279. The van der Waals surface area contributed by atoms with Gasteiger partial charge in [-0.05, 0) is 0 Å². The van der Waals surface area contributed by atoms with Crippen molar-refractivity contribution >= 4 is 24.8 Å². The summed E-state index contributed by atoms with van der Waals surface area (Å²) in [5.74, 6) is -0.315. The molecule has 0 spiro atoms. The Hall–Kier alpha value is -0.770. The molecular formula is C5H10ClNO3. The highest BCUT2D eigenvalue weighted by Gasteiger charge is 1.93. The van der Waals surface area contributed by atoms with Gasteiger partial charge in [-0.15, -0.1) is 12.4 Å². The van der Waals surface area contributed by atoms with E-state index in [0.29, 0.717) is 12.8 Å². The van der Waals surface area contributed by atoms with E-state index in [0.717, 1.165) is 0 Å². The average Bonchev–Trinajstić information content (AvgIpc) is 1.89. The molecule has 0 saturated heterocycles. The molecule has 0 saturated carbocycles. The Morgan fingerprint density at radius 1 is 1.70 bits per heavy atom. The summed E-state index contributed by atoms with van der Waals surface area (Å²) in [7, 11) is 0. The van der Waals surface area contributed by atoms with Gasteiger partial charge in [-0.2, -0.15) is 0 Å².